The quantitative estimate of drug-likeness (QED) is 0.443. The summed E-state index contributed by atoms with van der Waals surface area (Å²) < 4.78 is 0. The third kappa shape index (κ3) is 60.3. The van der Waals surface area contributed by atoms with Crippen molar-refractivity contribution in [2.45, 2.75) is 26.7 Å². The molecule has 0 unspecified atom stereocenters. The first-order chi connectivity index (χ1) is 3.65. The van der Waals surface area contributed by atoms with Crippen molar-refractivity contribution in [3.63, 3.8) is 0 Å². The van der Waals surface area contributed by atoms with Crippen LogP contribution >= 0.6 is 33.2 Å². The van der Waals surface area contributed by atoms with Crippen LogP contribution in [0.15, 0.2) is 0 Å². The highest BCUT2D eigenvalue weighted by molar-refractivity contribution is 7.54. The van der Waals surface area contributed by atoms with Gasteiger partial charge in [-0.2, -0.15) is 0 Å². The molecule has 0 amide bonds. The summed E-state index contributed by atoms with van der Waals surface area (Å²) in [5.41, 5.74) is 0. The van der Waals surface area contributed by atoms with Crippen LogP contribution in [0.4, 0.5) is 0 Å². The molecular weight excluding hydrogens is 182 g/mol. The molecule has 0 aromatic rings. The minimum absolute atomic E-state index is 1.32. The Morgan fingerprint density at radius 3 is 1.12 bits per heavy atom. The maximum absolute atomic E-state index is 4.94. The van der Waals surface area contributed by atoms with E-state index in [0.29, 0.717) is 0 Å². The molecule has 0 spiro atoms. The van der Waals surface area contributed by atoms with Crippen molar-refractivity contribution in [1.82, 2.24) is 0 Å². The third-order valence-electron chi connectivity index (χ3n) is 0.500. The Morgan fingerprint density at radius 1 is 1.00 bits per heavy atom. The van der Waals surface area contributed by atoms with Gasteiger partial charge in [0.05, 0.1) is 0 Å². The molecule has 52 valence electrons. The molecule has 0 aliphatic heterocycles. The lowest BCUT2D eigenvalue weighted by Crippen LogP contribution is -1.66. The first-order valence-corrected chi connectivity index (χ1v) is 7.81. The van der Waals surface area contributed by atoms with Crippen LogP contribution in [0.1, 0.15) is 26.7 Å². The summed E-state index contributed by atoms with van der Waals surface area (Å²) in [7, 11) is 0. The molecular formula is C4H11Cl3Si. The first-order valence-electron chi connectivity index (χ1n) is 2.57. The van der Waals surface area contributed by atoms with Crippen LogP contribution in [0.3, 0.4) is 0 Å². The maximum atomic E-state index is 4.94. The van der Waals surface area contributed by atoms with E-state index in [2.05, 4.69) is 13.8 Å². The van der Waals surface area contributed by atoms with E-state index in [1.54, 1.807) is 0 Å². The topological polar surface area (TPSA) is 0 Å². The van der Waals surface area contributed by atoms with E-state index in [1.807, 2.05) is 0 Å². The Bertz CT molecular complexity index is 27.7. The van der Waals surface area contributed by atoms with Gasteiger partial charge in [0.25, 0.3) is 0 Å². The monoisotopic (exact) mass is 192 g/mol. The van der Waals surface area contributed by atoms with E-state index in [-0.39, 0.29) is 0 Å². The third-order valence-corrected chi connectivity index (χ3v) is 0.500. The predicted molar refractivity (Wildman–Crippen MR) is 45.3 cm³/mol. The summed E-state index contributed by atoms with van der Waals surface area (Å²) in [5.74, 6) is 0. The van der Waals surface area contributed by atoms with E-state index >= 15 is 0 Å². The van der Waals surface area contributed by atoms with Gasteiger partial charge in [0.2, 0.25) is 0 Å². The van der Waals surface area contributed by atoms with Gasteiger partial charge >= 0.3 is 6.73 Å². The molecule has 0 saturated carbocycles. The minimum Gasteiger partial charge on any atom is -0.130 e. The fourth-order valence-electron chi connectivity index (χ4n) is 0. The van der Waals surface area contributed by atoms with Crippen molar-refractivity contribution in [3.05, 3.63) is 0 Å². The highest BCUT2D eigenvalue weighted by Gasteiger charge is 1.85. The van der Waals surface area contributed by atoms with Gasteiger partial charge < -0.3 is 0 Å². The average molecular weight is 194 g/mol. The lowest BCUT2D eigenvalue weighted by atomic mass is 10.4. The Labute approximate surface area is 66.8 Å². The zero-order chi connectivity index (χ0) is 6.99. The summed E-state index contributed by atoms with van der Waals surface area (Å²) in [6, 6.07) is 0. The molecule has 0 nitrogen and oxygen atoms in total. The number of rotatable bonds is 1. The van der Waals surface area contributed by atoms with Crippen LogP contribution in [0.2, 0.25) is 0 Å². The van der Waals surface area contributed by atoms with Gasteiger partial charge in [-0.05, 0) is 0 Å². The molecule has 0 aromatic carbocycles. The molecule has 0 heterocycles. The van der Waals surface area contributed by atoms with E-state index in [4.69, 9.17) is 33.2 Å². The van der Waals surface area contributed by atoms with Crippen LogP contribution < -0.4 is 0 Å². The van der Waals surface area contributed by atoms with Crippen molar-refractivity contribution in [2.75, 3.05) is 0 Å². The van der Waals surface area contributed by atoms with Crippen LogP contribution in [0.5, 0.6) is 0 Å². The molecule has 8 heavy (non-hydrogen) atoms. The largest absolute Gasteiger partial charge is 0.326 e. The fraction of sp³-hybridized carbons (Fsp3) is 1.00. The van der Waals surface area contributed by atoms with Crippen LogP contribution in [-0.4, -0.2) is 6.73 Å². The maximum Gasteiger partial charge on any atom is 0.326 e. The van der Waals surface area contributed by atoms with Gasteiger partial charge in [0.1, 0.15) is 0 Å². The molecule has 0 bridgehead atoms. The van der Waals surface area contributed by atoms with E-state index in [9.17, 15) is 0 Å². The summed E-state index contributed by atoms with van der Waals surface area (Å²) in [5, 5.41) is 0. The van der Waals surface area contributed by atoms with Gasteiger partial charge in [0, 0.05) is 0 Å². The van der Waals surface area contributed by atoms with E-state index < -0.39 is 6.73 Å². The fourth-order valence-corrected chi connectivity index (χ4v) is 0. The molecule has 0 aliphatic carbocycles. The lowest BCUT2D eigenvalue weighted by molar-refractivity contribution is 0.886. The van der Waals surface area contributed by atoms with E-state index in [1.165, 1.54) is 12.8 Å². The smallest absolute Gasteiger partial charge is 0.130 e. The second-order valence-electron chi connectivity index (χ2n) is 1.25. The van der Waals surface area contributed by atoms with Crippen molar-refractivity contribution in [2.24, 2.45) is 0 Å². The van der Waals surface area contributed by atoms with Crippen LogP contribution in [0, 0.1) is 0 Å². The second-order valence-corrected chi connectivity index (χ2v) is 7.68. The van der Waals surface area contributed by atoms with Gasteiger partial charge in [-0.1, -0.05) is 26.7 Å². The lowest BCUT2D eigenvalue weighted by Gasteiger charge is -1.68. The standard InChI is InChI=1S/C4H10.Cl3HSi/c1-3-4-2;1-4(2)3/h3-4H2,1-2H3;4H. The van der Waals surface area contributed by atoms with Gasteiger partial charge in [-0.15, -0.1) is 33.2 Å². The summed E-state index contributed by atoms with van der Waals surface area (Å²) in [4.78, 5) is 0. The SMILES string of the molecule is CCCC.Cl[SiH](Cl)Cl. The first kappa shape index (κ1) is 11.8. The molecule has 0 saturated heterocycles. The second kappa shape index (κ2) is 11.0. The highest BCUT2D eigenvalue weighted by atomic mass is 35.8. The Morgan fingerprint density at radius 2 is 1.12 bits per heavy atom. The van der Waals surface area contributed by atoms with Crippen molar-refractivity contribution < 1.29 is 0 Å². The molecule has 0 aromatic heterocycles. The number of unbranched alkanes of at least 4 members (excludes halogenated alkanes) is 1. The normalized spacial score (nSPS) is 8.25. The van der Waals surface area contributed by atoms with Crippen molar-refractivity contribution in [1.29, 1.82) is 0 Å². The molecule has 0 fully saturated rings. The van der Waals surface area contributed by atoms with Crippen LogP contribution in [-0.2, 0) is 0 Å². The predicted octanol–water partition coefficient (Wildman–Crippen LogP) is 3.23. The van der Waals surface area contributed by atoms with Crippen LogP contribution in [0.25, 0.3) is 0 Å². The summed E-state index contributed by atoms with van der Waals surface area (Å²) in [6.07, 6.45) is 2.64. The molecule has 0 N–H and O–H groups in total. The molecule has 4 heteroatoms. The zero-order valence-electron chi connectivity index (χ0n) is 5.13. The molecule has 0 rings (SSSR count). The Balaban J connectivity index is 0. The number of halogens is 3. The van der Waals surface area contributed by atoms with Gasteiger partial charge in [-0.3, -0.25) is 0 Å². The number of hydrogen-bond acceptors (Lipinski definition) is 0. The molecule has 0 radical (unpaired) electrons. The van der Waals surface area contributed by atoms with Crippen molar-refractivity contribution >= 4 is 40.0 Å². The summed E-state index contributed by atoms with van der Waals surface area (Å²) in [6.45, 7) is 2.64. The average Bonchev–Trinajstić information content (AvgIpc) is 1.65. The number of hydrogen-bond donors (Lipinski definition) is 0. The highest BCUT2D eigenvalue weighted by Crippen LogP contribution is 1.97. The Hall–Kier alpha value is 1.09. The molecule has 0 atom stereocenters. The van der Waals surface area contributed by atoms with E-state index in [0.717, 1.165) is 0 Å². The zero-order valence-corrected chi connectivity index (χ0v) is 8.55. The summed E-state index contributed by atoms with van der Waals surface area (Å²) >= 11 is 14.8. The van der Waals surface area contributed by atoms with Gasteiger partial charge in [0.15, 0.2) is 0 Å². The van der Waals surface area contributed by atoms with Gasteiger partial charge in [-0.25, -0.2) is 0 Å². The minimum atomic E-state index is -1.72. The molecule has 0 aliphatic rings. The van der Waals surface area contributed by atoms with Crippen molar-refractivity contribution in [3.8, 4) is 0 Å². The Kier molecular flexibility index (Phi) is 16.2.